The molecule has 1 heterocycles. The molecule has 0 atom stereocenters. The number of hydrogen-bond acceptors (Lipinski definition) is 6. The van der Waals surface area contributed by atoms with Crippen molar-refractivity contribution in [3.63, 3.8) is 0 Å². The highest BCUT2D eigenvalue weighted by Crippen LogP contribution is 2.23. The van der Waals surface area contributed by atoms with Gasteiger partial charge in [0.2, 0.25) is 26.0 Å². The van der Waals surface area contributed by atoms with Crippen molar-refractivity contribution in [2.75, 3.05) is 50.0 Å². The third-order valence-electron chi connectivity index (χ3n) is 5.57. The Labute approximate surface area is 190 Å². The summed E-state index contributed by atoms with van der Waals surface area (Å²) in [4.78, 5) is 12.5. The van der Waals surface area contributed by atoms with Crippen LogP contribution in [0.15, 0.2) is 40.8 Å². The van der Waals surface area contributed by atoms with E-state index in [1.165, 1.54) is 47.0 Å². The molecular weight excluding hydrogens is 454 g/mol. The first-order valence-electron chi connectivity index (χ1n) is 10.8. The number of anilines is 1. The summed E-state index contributed by atoms with van der Waals surface area (Å²) in [5.41, 5.74) is 1.56. The number of morpholine rings is 1. The molecule has 32 heavy (non-hydrogen) atoms. The molecule has 1 saturated heterocycles. The second-order valence-electron chi connectivity index (χ2n) is 7.99. The van der Waals surface area contributed by atoms with E-state index in [2.05, 4.69) is 11.4 Å². The van der Waals surface area contributed by atoms with E-state index < -0.39 is 26.0 Å². The second kappa shape index (κ2) is 10.8. The zero-order valence-corrected chi connectivity index (χ0v) is 20.0. The van der Waals surface area contributed by atoms with Gasteiger partial charge in [-0.15, -0.1) is 0 Å². The van der Waals surface area contributed by atoms with Gasteiger partial charge in [-0.3, -0.25) is 9.10 Å². The van der Waals surface area contributed by atoms with E-state index >= 15 is 0 Å². The molecule has 11 heteroatoms. The zero-order valence-electron chi connectivity index (χ0n) is 18.3. The summed E-state index contributed by atoms with van der Waals surface area (Å²) in [6.07, 6.45) is 8.48. The molecule has 0 radical (unpaired) electrons. The molecule has 0 saturated carbocycles. The molecule has 0 spiro atoms. The first-order valence-corrected chi connectivity index (χ1v) is 14.1. The van der Waals surface area contributed by atoms with E-state index in [9.17, 15) is 21.6 Å². The Balaban J connectivity index is 1.65. The average molecular weight is 486 g/mol. The number of rotatable bonds is 9. The number of ether oxygens (including phenoxy) is 1. The van der Waals surface area contributed by atoms with Crippen LogP contribution in [0.1, 0.15) is 32.1 Å². The van der Waals surface area contributed by atoms with Crippen LogP contribution >= 0.6 is 0 Å². The smallest absolute Gasteiger partial charge is 0.243 e. The number of amides is 1. The summed E-state index contributed by atoms with van der Waals surface area (Å²) in [5.74, 6) is -0.406. The number of sulfonamides is 2. The summed E-state index contributed by atoms with van der Waals surface area (Å²) in [6.45, 7) is 1.32. The lowest BCUT2D eigenvalue weighted by Gasteiger charge is -2.26. The van der Waals surface area contributed by atoms with E-state index in [0.717, 1.165) is 29.8 Å². The number of nitrogens with zero attached hydrogens (tertiary/aromatic N) is 2. The third kappa shape index (κ3) is 6.53. The van der Waals surface area contributed by atoms with Crippen molar-refractivity contribution in [2.45, 2.75) is 37.0 Å². The van der Waals surface area contributed by atoms with Crippen LogP contribution in [0, 0.1) is 0 Å². The van der Waals surface area contributed by atoms with Crippen LogP contribution in [0.5, 0.6) is 0 Å². The lowest BCUT2D eigenvalue weighted by Crippen LogP contribution is -2.41. The van der Waals surface area contributed by atoms with E-state index in [0.29, 0.717) is 19.8 Å². The lowest BCUT2D eigenvalue weighted by molar-refractivity contribution is -0.119. The number of allylic oxidation sites excluding steroid dienone is 1. The molecule has 0 unspecified atom stereocenters. The molecule has 1 amide bonds. The Morgan fingerprint density at radius 2 is 1.78 bits per heavy atom. The third-order valence-corrected chi connectivity index (χ3v) is 8.63. The summed E-state index contributed by atoms with van der Waals surface area (Å²) < 4.78 is 57.7. The highest BCUT2D eigenvalue weighted by molar-refractivity contribution is 7.92. The quantitative estimate of drug-likeness (QED) is 0.530. The van der Waals surface area contributed by atoms with Gasteiger partial charge in [0.15, 0.2) is 0 Å². The minimum atomic E-state index is -3.74. The highest BCUT2D eigenvalue weighted by atomic mass is 32.2. The summed E-state index contributed by atoms with van der Waals surface area (Å²) in [6, 6.07) is 5.56. The molecule has 1 aliphatic carbocycles. The van der Waals surface area contributed by atoms with Crippen LogP contribution in [0.25, 0.3) is 0 Å². The number of hydrogen-bond donors (Lipinski definition) is 1. The predicted molar refractivity (Wildman–Crippen MR) is 122 cm³/mol. The molecule has 0 aromatic heterocycles. The van der Waals surface area contributed by atoms with Crippen molar-refractivity contribution in [1.82, 2.24) is 9.62 Å². The SMILES string of the molecule is CS(=O)(=O)N(CC(=O)NCCC1=CCCCC1)c1ccc(S(=O)(=O)N2CCOCC2)cc1. The standard InChI is InChI=1S/C21H31N3O6S2/c1-31(26,27)24(17-21(25)22-12-11-18-5-3-2-4-6-18)19-7-9-20(10-8-19)32(28,29)23-13-15-30-16-14-23/h5,7-10H,2-4,6,11-17H2,1H3,(H,22,25). The fourth-order valence-electron chi connectivity index (χ4n) is 3.80. The molecule has 1 fully saturated rings. The Hall–Kier alpha value is -1.95. The van der Waals surface area contributed by atoms with Gasteiger partial charge in [0.1, 0.15) is 6.54 Å². The molecule has 9 nitrogen and oxygen atoms in total. The van der Waals surface area contributed by atoms with Crippen LogP contribution in [0.2, 0.25) is 0 Å². The molecular formula is C21H31N3O6S2. The van der Waals surface area contributed by atoms with E-state index in [1.807, 2.05) is 0 Å². The van der Waals surface area contributed by atoms with Gasteiger partial charge < -0.3 is 10.1 Å². The number of benzene rings is 1. The summed E-state index contributed by atoms with van der Waals surface area (Å²) >= 11 is 0. The molecule has 178 valence electrons. The number of carbonyl (C=O) groups is 1. The monoisotopic (exact) mass is 485 g/mol. The van der Waals surface area contributed by atoms with Crippen LogP contribution in [0.3, 0.4) is 0 Å². The fraction of sp³-hybridized carbons (Fsp3) is 0.571. The van der Waals surface area contributed by atoms with Gasteiger partial charge in [-0.1, -0.05) is 11.6 Å². The maximum Gasteiger partial charge on any atom is 0.243 e. The van der Waals surface area contributed by atoms with Gasteiger partial charge in [0.25, 0.3) is 0 Å². The summed E-state index contributed by atoms with van der Waals surface area (Å²) in [5, 5.41) is 2.78. The maximum absolute atomic E-state index is 12.8. The Morgan fingerprint density at radius 3 is 2.38 bits per heavy atom. The first-order chi connectivity index (χ1) is 15.2. The Morgan fingerprint density at radius 1 is 1.09 bits per heavy atom. The lowest BCUT2D eigenvalue weighted by atomic mass is 9.97. The van der Waals surface area contributed by atoms with Crippen molar-refractivity contribution in [1.29, 1.82) is 0 Å². The van der Waals surface area contributed by atoms with Gasteiger partial charge in [-0.25, -0.2) is 16.8 Å². The van der Waals surface area contributed by atoms with Crippen molar-refractivity contribution in [3.05, 3.63) is 35.9 Å². The molecule has 1 aromatic carbocycles. The molecule has 1 N–H and O–H groups in total. The molecule has 2 aliphatic rings. The van der Waals surface area contributed by atoms with Gasteiger partial charge in [-0.2, -0.15) is 4.31 Å². The first kappa shape index (κ1) is 24.7. The van der Waals surface area contributed by atoms with Crippen molar-refractivity contribution >= 4 is 31.6 Å². The fourth-order valence-corrected chi connectivity index (χ4v) is 6.07. The van der Waals surface area contributed by atoms with E-state index in [4.69, 9.17) is 4.74 Å². The Kier molecular flexibility index (Phi) is 8.32. The van der Waals surface area contributed by atoms with Gasteiger partial charge in [-0.05, 0) is 56.4 Å². The molecule has 1 aromatic rings. The topological polar surface area (TPSA) is 113 Å². The summed E-state index contributed by atoms with van der Waals surface area (Å²) in [7, 11) is -7.43. The largest absolute Gasteiger partial charge is 0.379 e. The van der Waals surface area contributed by atoms with Gasteiger partial charge >= 0.3 is 0 Å². The van der Waals surface area contributed by atoms with E-state index in [-0.39, 0.29) is 30.2 Å². The number of carbonyl (C=O) groups excluding carboxylic acids is 1. The van der Waals surface area contributed by atoms with Crippen LogP contribution in [-0.2, 0) is 29.6 Å². The molecule has 1 aliphatic heterocycles. The molecule has 0 bridgehead atoms. The Bertz CT molecular complexity index is 1030. The van der Waals surface area contributed by atoms with Crippen LogP contribution in [0.4, 0.5) is 5.69 Å². The van der Waals surface area contributed by atoms with Crippen molar-refractivity contribution in [2.24, 2.45) is 0 Å². The second-order valence-corrected chi connectivity index (χ2v) is 11.8. The van der Waals surface area contributed by atoms with Crippen molar-refractivity contribution < 1.29 is 26.4 Å². The normalized spacial score (nSPS) is 18.1. The maximum atomic E-state index is 12.8. The predicted octanol–water partition coefficient (Wildman–Crippen LogP) is 1.48. The van der Waals surface area contributed by atoms with Gasteiger partial charge in [0, 0.05) is 19.6 Å². The van der Waals surface area contributed by atoms with Crippen LogP contribution in [-0.4, -0.2) is 72.7 Å². The van der Waals surface area contributed by atoms with Crippen LogP contribution < -0.4 is 9.62 Å². The van der Waals surface area contributed by atoms with Crippen molar-refractivity contribution in [3.8, 4) is 0 Å². The molecule has 3 rings (SSSR count). The van der Waals surface area contributed by atoms with E-state index in [1.54, 1.807) is 0 Å². The van der Waals surface area contributed by atoms with Gasteiger partial charge in [0.05, 0.1) is 30.1 Å². The highest BCUT2D eigenvalue weighted by Gasteiger charge is 2.27. The minimum Gasteiger partial charge on any atom is -0.379 e. The number of nitrogens with one attached hydrogen (secondary N) is 1. The zero-order chi connectivity index (χ0) is 23.2. The minimum absolute atomic E-state index is 0.0711. The average Bonchev–Trinajstić information content (AvgIpc) is 2.78.